The van der Waals surface area contributed by atoms with E-state index in [1.807, 2.05) is 0 Å². The molecule has 0 aliphatic heterocycles. The lowest BCUT2D eigenvalue weighted by atomic mass is 10.3. The predicted octanol–water partition coefficient (Wildman–Crippen LogP) is 0.303. The highest BCUT2D eigenvalue weighted by Gasteiger charge is 2.16. The van der Waals surface area contributed by atoms with E-state index in [1.165, 1.54) is 0 Å². The molecule has 1 heterocycles. The van der Waals surface area contributed by atoms with Crippen LogP contribution >= 0.6 is 23.1 Å². The maximum absolute atomic E-state index is 10.4. The Balaban J connectivity index is 2.77. The fraction of sp³-hybridized carbons (Fsp3) is 0.250. The molecular weight excluding hydrogens is 174 g/mol. The van der Waals surface area contributed by atoms with Crippen molar-refractivity contribution in [2.75, 3.05) is 0 Å². The number of rotatable bonds is 2. The second-order valence-corrected chi connectivity index (χ2v) is 2.64. The highest BCUT2D eigenvalue weighted by molar-refractivity contribution is 7.03. The number of aromatic nitrogens is 2. The minimum absolute atomic E-state index is 0.416. The molecule has 0 radical (unpaired) electrons. The number of alkyl halides is 1. The average molecular weight is 178 g/mol. The summed E-state index contributed by atoms with van der Waals surface area (Å²) >= 11 is 6.64. The van der Waals surface area contributed by atoms with Gasteiger partial charge < -0.3 is 5.73 Å². The first-order valence-corrected chi connectivity index (χ1v) is 3.69. The van der Waals surface area contributed by atoms with Gasteiger partial charge in [0.1, 0.15) is 5.69 Å². The van der Waals surface area contributed by atoms with Crippen molar-refractivity contribution in [1.82, 2.24) is 9.59 Å². The molecule has 1 aromatic heterocycles. The standard InChI is InChI=1S/C4H4ClN3OS/c5-3(4(6)9)2-1-10-8-7-2/h1,3H,(H2,6,9). The minimum Gasteiger partial charge on any atom is -0.368 e. The molecule has 1 atom stereocenters. The summed E-state index contributed by atoms with van der Waals surface area (Å²) in [6.45, 7) is 0. The summed E-state index contributed by atoms with van der Waals surface area (Å²) in [7, 11) is 0. The lowest BCUT2D eigenvalue weighted by molar-refractivity contribution is -0.117. The first kappa shape index (κ1) is 7.43. The Morgan fingerprint density at radius 1 is 1.90 bits per heavy atom. The molecule has 1 amide bonds. The molecule has 1 unspecified atom stereocenters. The average Bonchev–Trinajstić information content (AvgIpc) is 2.36. The van der Waals surface area contributed by atoms with Crippen LogP contribution in [0.15, 0.2) is 5.38 Å². The van der Waals surface area contributed by atoms with Gasteiger partial charge in [0.25, 0.3) is 0 Å². The second kappa shape index (κ2) is 2.94. The van der Waals surface area contributed by atoms with Crippen molar-refractivity contribution in [1.29, 1.82) is 0 Å². The van der Waals surface area contributed by atoms with Crippen molar-refractivity contribution in [3.8, 4) is 0 Å². The second-order valence-electron chi connectivity index (χ2n) is 1.59. The fourth-order valence-corrected chi connectivity index (χ4v) is 1.09. The van der Waals surface area contributed by atoms with E-state index < -0.39 is 11.3 Å². The zero-order chi connectivity index (χ0) is 7.56. The van der Waals surface area contributed by atoms with E-state index in [0.717, 1.165) is 11.5 Å². The van der Waals surface area contributed by atoms with Crippen molar-refractivity contribution in [2.24, 2.45) is 5.73 Å². The smallest absolute Gasteiger partial charge is 0.241 e. The molecule has 4 nitrogen and oxygen atoms in total. The normalized spacial score (nSPS) is 12.9. The van der Waals surface area contributed by atoms with Crippen LogP contribution in [0.1, 0.15) is 11.1 Å². The van der Waals surface area contributed by atoms with E-state index in [0.29, 0.717) is 5.69 Å². The van der Waals surface area contributed by atoms with Crippen molar-refractivity contribution in [3.05, 3.63) is 11.1 Å². The third-order valence-corrected chi connectivity index (χ3v) is 1.85. The van der Waals surface area contributed by atoms with Gasteiger partial charge in [0.15, 0.2) is 5.38 Å². The van der Waals surface area contributed by atoms with E-state index in [9.17, 15) is 4.79 Å². The molecule has 0 aliphatic carbocycles. The van der Waals surface area contributed by atoms with Crippen LogP contribution in [0.5, 0.6) is 0 Å². The highest BCUT2D eigenvalue weighted by Crippen LogP contribution is 2.17. The van der Waals surface area contributed by atoms with Gasteiger partial charge in [-0.1, -0.05) is 4.49 Å². The number of primary amides is 1. The van der Waals surface area contributed by atoms with E-state index in [-0.39, 0.29) is 0 Å². The van der Waals surface area contributed by atoms with Gasteiger partial charge in [0.05, 0.1) is 0 Å². The molecule has 10 heavy (non-hydrogen) atoms. The third-order valence-electron chi connectivity index (χ3n) is 0.886. The third kappa shape index (κ3) is 1.43. The van der Waals surface area contributed by atoms with Crippen molar-refractivity contribution >= 4 is 29.0 Å². The summed E-state index contributed by atoms with van der Waals surface area (Å²) in [5, 5.41) is 4.31. The summed E-state index contributed by atoms with van der Waals surface area (Å²) < 4.78 is 3.53. The number of carbonyl (C=O) groups excluding carboxylic acids is 1. The number of nitrogens with two attached hydrogens (primary N) is 1. The summed E-state index contributed by atoms with van der Waals surface area (Å²) in [6.07, 6.45) is 0. The van der Waals surface area contributed by atoms with Gasteiger partial charge in [-0.15, -0.1) is 16.7 Å². The first-order valence-electron chi connectivity index (χ1n) is 2.42. The molecule has 0 aromatic carbocycles. The van der Waals surface area contributed by atoms with Crippen LogP contribution in [-0.2, 0) is 4.79 Å². The molecule has 0 bridgehead atoms. The van der Waals surface area contributed by atoms with Crippen LogP contribution < -0.4 is 5.73 Å². The SMILES string of the molecule is NC(=O)C(Cl)c1csnn1. The van der Waals surface area contributed by atoms with Gasteiger partial charge in [0.2, 0.25) is 5.91 Å². The van der Waals surface area contributed by atoms with Gasteiger partial charge in [-0.25, -0.2) is 0 Å². The maximum atomic E-state index is 10.4. The zero-order valence-electron chi connectivity index (χ0n) is 4.82. The zero-order valence-corrected chi connectivity index (χ0v) is 6.39. The summed E-state index contributed by atoms with van der Waals surface area (Å²) in [4.78, 5) is 10.4. The van der Waals surface area contributed by atoms with E-state index >= 15 is 0 Å². The number of carbonyl (C=O) groups is 1. The van der Waals surface area contributed by atoms with Crippen LogP contribution in [-0.4, -0.2) is 15.5 Å². The number of nitrogens with zero attached hydrogens (tertiary/aromatic N) is 2. The Hall–Kier alpha value is -0.680. The molecule has 54 valence electrons. The van der Waals surface area contributed by atoms with Crippen LogP contribution in [0.25, 0.3) is 0 Å². The lowest BCUT2D eigenvalue weighted by Gasteiger charge is -1.96. The molecule has 0 fully saturated rings. The Kier molecular flexibility index (Phi) is 2.18. The van der Waals surface area contributed by atoms with Gasteiger partial charge in [0, 0.05) is 5.38 Å². The Morgan fingerprint density at radius 2 is 2.60 bits per heavy atom. The maximum Gasteiger partial charge on any atom is 0.241 e. The van der Waals surface area contributed by atoms with Crippen LogP contribution in [0, 0.1) is 0 Å². The predicted molar refractivity (Wildman–Crippen MR) is 37.7 cm³/mol. The van der Waals surface area contributed by atoms with Crippen LogP contribution in [0.4, 0.5) is 0 Å². The first-order chi connectivity index (χ1) is 4.72. The minimum atomic E-state index is -0.848. The largest absolute Gasteiger partial charge is 0.368 e. The van der Waals surface area contributed by atoms with E-state index in [1.54, 1.807) is 5.38 Å². The van der Waals surface area contributed by atoms with Crippen LogP contribution in [0.2, 0.25) is 0 Å². The van der Waals surface area contributed by atoms with Crippen LogP contribution in [0.3, 0.4) is 0 Å². The number of amides is 1. The highest BCUT2D eigenvalue weighted by atomic mass is 35.5. The van der Waals surface area contributed by atoms with Gasteiger partial charge >= 0.3 is 0 Å². The topological polar surface area (TPSA) is 68.9 Å². The van der Waals surface area contributed by atoms with Crippen molar-refractivity contribution in [2.45, 2.75) is 5.38 Å². The molecule has 6 heteroatoms. The number of hydrogen-bond acceptors (Lipinski definition) is 4. The fourth-order valence-electron chi connectivity index (χ4n) is 0.428. The number of hydrogen-bond donors (Lipinski definition) is 1. The molecule has 0 aliphatic rings. The Morgan fingerprint density at radius 3 is 3.00 bits per heavy atom. The molecule has 1 rings (SSSR count). The summed E-state index contributed by atoms with van der Waals surface area (Å²) in [6, 6.07) is 0. The van der Waals surface area contributed by atoms with Gasteiger partial charge in [-0.2, -0.15) is 0 Å². The lowest BCUT2D eigenvalue weighted by Crippen LogP contribution is -2.17. The van der Waals surface area contributed by atoms with Crippen molar-refractivity contribution < 1.29 is 4.79 Å². The van der Waals surface area contributed by atoms with E-state index in [2.05, 4.69) is 9.59 Å². The molecule has 2 N–H and O–H groups in total. The molecule has 0 saturated carbocycles. The summed E-state index contributed by atoms with van der Waals surface area (Å²) in [5.41, 5.74) is 5.31. The van der Waals surface area contributed by atoms with Gasteiger partial charge in [-0.05, 0) is 11.5 Å². The molecular formula is C4H4ClN3OS. The van der Waals surface area contributed by atoms with Crippen molar-refractivity contribution in [3.63, 3.8) is 0 Å². The Labute approximate surface area is 66.2 Å². The van der Waals surface area contributed by atoms with Gasteiger partial charge in [-0.3, -0.25) is 4.79 Å². The summed E-state index contributed by atoms with van der Waals surface area (Å²) in [5.74, 6) is -0.602. The number of halogens is 1. The quantitative estimate of drug-likeness (QED) is 0.661. The Bertz CT molecular complexity index is 224. The van der Waals surface area contributed by atoms with E-state index in [4.69, 9.17) is 17.3 Å². The molecule has 0 spiro atoms. The molecule has 1 aromatic rings. The monoisotopic (exact) mass is 177 g/mol. The molecule has 0 saturated heterocycles.